The monoisotopic (exact) mass is 741 g/mol. The molecule has 0 spiro atoms. The van der Waals surface area contributed by atoms with Crippen molar-refractivity contribution in [3.8, 4) is 67.0 Å². The van der Waals surface area contributed by atoms with Gasteiger partial charge in [0.15, 0.2) is 0 Å². The molecule has 0 unspecified atom stereocenters. The van der Waals surface area contributed by atoms with Gasteiger partial charge in [0.1, 0.15) is 11.3 Å². The van der Waals surface area contributed by atoms with Gasteiger partial charge in [-0.25, -0.2) is 0 Å². The smallest absolute Gasteiger partial charge is 0.145 e. The van der Waals surface area contributed by atoms with Gasteiger partial charge >= 0.3 is 0 Å². The fourth-order valence-corrected chi connectivity index (χ4v) is 8.07. The minimum atomic E-state index is 0.841. The van der Waals surface area contributed by atoms with Crippen molar-refractivity contribution in [2.45, 2.75) is 0 Å². The third-order valence-electron chi connectivity index (χ3n) is 10.9. The second-order valence-corrected chi connectivity index (χ2v) is 14.5. The normalized spacial score (nSPS) is 11.1. The molecule has 1 aromatic heterocycles. The summed E-state index contributed by atoms with van der Waals surface area (Å²) in [5, 5.41) is 1.09. The second-order valence-electron chi connectivity index (χ2n) is 14.5. The molecule has 2 nitrogen and oxygen atoms in total. The van der Waals surface area contributed by atoms with Crippen LogP contribution in [0.2, 0.25) is 0 Å². The number of para-hydroxylation sites is 3. The van der Waals surface area contributed by atoms with Crippen LogP contribution in [0.5, 0.6) is 0 Å². The van der Waals surface area contributed by atoms with Crippen molar-refractivity contribution in [3.05, 3.63) is 237 Å². The van der Waals surface area contributed by atoms with E-state index < -0.39 is 0 Å². The highest BCUT2D eigenvalue weighted by atomic mass is 16.3. The minimum Gasteiger partial charge on any atom is -0.455 e. The Kier molecular flexibility index (Phi) is 9.27. The van der Waals surface area contributed by atoms with Gasteiger partial charge in [-0.05, 0) is 80.9 Å². The zero-order valence-corrected chi connectivity index (χ0v) is 31.9. The third-order valence-corrected chi connectivity index (χ3v) is 10.9. The number of rotatable bonds is 9. The molecule has 1 heterocycles. The van der Waals surface area contributed by atoms with E-state index in [0.29, 0.717) is 0 Å². The largest absolute Gasteiger partial charge is 0.455 e. The van der Waals surface area contributed by atoms with Crippen LogP contribution >= 0.6 is 0 Å². The standard InChI is InChI=1S/C56H39NO/c1-4-16-40(17-5-1)42-28-30-44(31-29-42)45-36-38-48(39-37-45)57(52-25-13-10-22-49(52)46-34-32-43(33-35-46)41-18-6-2-7-19-41)53-26-14-11-23-50(53)56-55(47-20-8-3-9-21-47)51-24-12-15-27-54(51)58-56/h1-39H. The van der Waals surface area contributed by atoms with E-state index in [0.717, 1.165) is 67.2 Å². The lowest BCUT2D eigenvalue weighted by Crippen LogP contribution is -2.12. The highest BCUT2D eigenvalue weighted by molar-refractivity contribution is 6.04. The molecule has 9 aromatic carbocycles. The van der Waals surface area contributed by atoms with Crippen molar-refractivity contribution in [2.24, 2.45) is 0 Å². The van der Waals surface area contributed by atoms with Gasteiger partial charge in [-0.15, -0.1) is 0 Å². The van der Waals surface area contributed by atoms with E-state index in [2.05, 4.69) is 235 Å². The van der Waals surface area contributed by atoms with Gasteiger partial charge in [0.05, 0.1) is 11.4 Å². The van der Waals surface area contributed by atoms with E-state index in [1.807, 2.05) is 6.07 Å². The molecule has 0 saturated heterocycles. The molecule has 2 heteroatoms. The van der Waals surface area contributed by atoms with Gasteiger partial charge in [0.2, 0.25) is 0 Å². The zero-order chi connectivity index (χ0) is 38.7. The van der Waals surface area contributed by atoms with Gasteiger partial charge in [-0.2, -0.15) is 0 Å². The molecule has 0 N–H and O–H groups in total. The van der Waals surface area contributed by atoms with Crippen molar-refractivity contribution in [1.29, 1.82) is 0 Å². The Hall–Kier alpha value is -7.68. The van der Waals surface area contributed by atoms with Crippen LogP contribution in [0.1, 0.15) is 0 Å². The average Bonchev–Trinajstić information content (AvgIpc) is 3.70. The van der Waals surface area contributed by atoms with Crippen molar-refractivity contribution in [1.82, 2.24) is 0 Å². The van der Waals surface area contributed by atoms with Crippen LogP contribution in [0.4, 0.5) is 17.1 Å². The predicted molar refractivity (Wildman–Crippen MR) is 244 cm³/mol. The number of nitrogens with zero attached hydrogens (tertiary/aromatic N) is 1. The van der Waals surface area contributed by atoms with Crippen LogP contribution in [0.25, 0.3) is 77.9 Å². The molecule has 10 rings (SSSR count). The van der Waals surface area contributed by atoms with Crippen molar-refractivity contribution in [2.75, 3.05) is 4.90 Å². The summed E-state index contributed by atoms with van der Waals surface area (Å²) in [5.41, 5.74) is 16.6. The molecule has 0 aliphatic carbocycles. The molecule has 0 saturated carbocycles. The average molecular weight is 742 g/mol. The highest BCUT2D eigenvalue weighted by Gasteiger charge is 2.25. The van der Waals surface area contributed by atoms with Crippen molar-refractivity contribution < 1.29 is 4.42 Å². The number of benzene rings is 9. The summed E-state index contributed by atoms with van der Waals surface area (Å²) in [4.78, 5) is 2.39. The molecular weight excluding hydrogens is 703 g/mol. The van der Waals surface area contributed by atoms with E-state index in [-0.39, 0.29) is 0 Å². The minimum absolute atomic E-state index is 0.841. The summed E-state index contributed by atoms with van der Waals surface area (Å²) in [6, 6.07) is 84.0. The van der Waals surface area contributed by atoms with Crippen LogP contribution in [-0.2, 0) is 0 Å². The summed E-state index contributed by atoms with van der Waals surface area (Å²) >= 11 is 0. The molecule has 0 bridgehead atoms. The fourth-order valence-electron chi connectivity index (χ4n) is 8.07. The van der Waals surface area contributed by atoms with Gasteiger partial charge in [-0.1, -0.05) is 200 Å². The van der Waals surface area contributed by atoms with Crippen LogP contribution in [0.15, 0.2) is 241 Å². The molecule has 0 aliphatic rings. The number of hydrogen-bond acceptors (Lipinski definition) is 2. The maximum Gasteiger partial charge on any atom is 0.145 e. The molecule has 0 radical (unpaired) electrons. The summed E-state index contributed by atoms with van der Waals surface area (Å²) < 4.78 is 6.86. The van der Waals surface area contributed by atoms with E-state index in [1.54, 1.807) is 0 Å². The first-order chi connectivity index (χ1) is 28.8. The third kappa shape index (κ3) is 6.67. The van der Waals surface area contributed by atoms with E-state index in [9.17, 15) is 0 Å². The Bertz CT molecular complexity index is 2950. The van der Waals surface area contributed by atoms with Crippen LogP contribution in [0, 0.1) is 0 Å². The summed E-state index contributed by atoms with van der Waals surface area (Å²) in [7, 11) is 0. The molecule has 0 amide bonds. The van der Waals surface area contributed by atoms with E-state index in [1.165, 1.54) is 27.8 Å². The Morgan fingerprint density at radius 1 is 0.276 bits per heavy atom. The first-order valence-electron chi connectivity index (χ1n) is 19.8. The van der Waals surface area contributed by atoms with E-state index in [4.69, 9.17) is 4.42 Å². The Balaban J connectivity index is 1.13. The summed E-state index contributed by atoms with van der Waals surface area (Å²) in [5.74, 6) is 0.841. The summed E-state index contributed by atoms with van der Waals surface area (Å²) in [6.45, 7) is 0. The van der Waals surface area contributed by atoms with Crippen LogP contribution < -0.4 is 4.90 Å². The van der Waals surface area contributed by atoms with E-state index >= 15 is 0 Å². The van der Waals surface area contributed by atoms with Crippen molar-refractivity contribution in [3.63, 3.8) is 0 Å². The maximum atomic E-state index is 6.86. The number of fused-ring (bicyclic) bond motifs is 1. The molecule has 0 fully saturated rings. The lowest BCUT2D eigenvalue weighted by atomic mass is 9.95. The highest BCUT2D eigenvalue weighted by Crippen LogP contribution is 2.49. The number of hydrogen-bond donors (Lipinski definition) is 0. The number of anilines is 3. The zero-order valence-electron chi connectivity index (χ0n) is 31.9. The molecule has 58 heavy (non-hydrogen) atoms. The molecule has 0 aliphatic heterocycles. The Morgan fingerprint density at radius 2 is 0.655 bits per heavy atom. The number of furan rings is 1. The Morgan fingerprint density at radius 3 is 1.21 bits per heavy atom. The quantitative estimate of drug-likeness (QED) is 0.146. The maximum absolute atomic E-state index is 6.86. The lowest BCUT2D eigenvalue weighted by molar-refractivity contribution is 0.632. The molecular formula is C56H39NO. The van der Waals surface area contributed by atoms with Crippen LogP contribution in [0.3, 0.4) is 0 Å². The van der Waals surface area contributed by atoms with Gasteiger partial charge < -0.3 is 9.32 Å². The lowest BCUT2D eigenvalue weighted by Gasteiger charge is -2.29. The molecule has 274 valence electrons. The molecule has 0 atom stereocenters. The first kappa shape index (κ1) is 34.8. The SMILES string of the molecule is c1ccc(-c2ccc(-c3ccc(N(c4ccccc4-c4ccc(-c5ccccc5)cc4)c4ccccc4-c4oc5ccccc5c4-c4ccccc4)cc3)cc2)cc1. The predicted octanol–water partition coefficient (Wildman–Crippen LogP) is 15.9. The first-order valence-corrected chi connectivity index (χ1v) is 19.8. The van der Waals surface area contributed by atoms with Gasteiger partial charge in [0, 0.05) is 27.8 Å². The molecule has 10 aromatic rings. The fraction of sp³-hybridized carbons (Fsp3) is 0. The topological polar surface area (TPSA) is 16.4 Å². The van der Waals surface area contributed by atoms with Gasteiger partial charge in [-0.3, -0.25) is 0 Å². The van der Waals surface area contributed by atoms with Crippen molar-refractivity contribution >= 4 is 28.0 Å². The Labute approximate surface area is 339 Å². The van der Waals surface area contributed by atoms with Crippen LogP contribution in [-0.4, -0.2) is 0 Å². The van der Waals surface area contributed by atoms with Gasteiger partial charge in [0.25, 0.3) is 0 Å². The summed E-state index contributed by atoms with van der Waals surface area (Å²) in [6.07, 6.45) is 0. The second kappa shape index (κ2) is 15.5.